The quantitative estimate of drug-likeness (QED) is 0.461. The van der Waals surface area contributed by atoms with Gasteiger partial charge in [0, 0.05) is 0 Å². The molecule has 0 aliphatic rings. The average molecular weight is 294 g/mol. The van der Waals surface area contributed by atoms with Crippen molar-refractivity contribution in [3.05, 3.63) is 30.3 Å². The highest BCUT2D eigenvalue weighted by molar-refractivity contribution is 7.95. The van der Waals surface area contributed by atoms with Crippen LogP contribution >= 0.6 is 0 Å². The Balaban J connectivity index is 0.000000411. The predicted molar refractivity (Wildman–Crippen MR) is 72.7 cm³/mol. The van der Waals surface area contributed by atoms with Crippen molar-refractivity contribution < 1.29 is 21.9 Å². The number of hydrogen-bond donors (Lipinski definition) is 0. The molecule has 0 N–H and O–H groups in total. The molecule has 0 heterocycles. The maximum atomic E-state index is 9.22. The minimum atomic E-state index is -4.41. The molecule has 0 unspecified atom stereocenters. The van der Waals surface area contributed by atoms with E-state index in [-0.39, 0.29) is 0 Å². The van der Waals surface area contributed by atoms with E-state index in [0.29, 0.717) is 10.9 Å². The standard InChI is InChI=1S/C10H15OS.CH4O4S/c1-12(2)9-8-11-10-6-4-3-5-7-10;1-5-6(2,3)4/h3-7H,8-9H2,1-2H3;1H3,(H,2,3,4)/q+1;/p-1. The van der Waals surface area contributed by atoms with Crippen molar-refractivity contribution in [2.75, 3.05) is 32.0 Å². The summed E-state index contributed by atoms with van der Waals surface area (Å²) in [6, 6.07) is 9.96. The van der Waals surface area contributed by atoms with Gasteiger partial charge in [-0.2, -0.15) is 0 Å². The zero-order valence-corrected chi connectivity index (χ0v) is 12.3. The monoisotopic (exact) mass is 294 g/mol. The Morgan fingerprint density at radius 3 is 2.11 bits per heavy atom. The van der Waals surface area contributed by atoms with E-state index in [1.807, 2.05) is 30.3 Å². The van der Waals surface area contributed by atoms with Gasteiger partial charge in [0.25, 0.3) is 0 Å². The molecule has 0 saturated carbocycles. The molecule has 0 aliphatic carbocycles. The zero-order chi connectivity index (χ0) is 14.0. The Morgan fingerprint density at radius 1 is 1.22 bits per heavy atom. The third kappa shape index (κ3) is 11.7. The minimum Gasteiger partial charge on any atom is -0.726 e. The molecule has 0 fully saturated rings. The zero-order valence-electron chi connectivity index (χ0n) is 10.7. The van der Waals surface area contributed by atoms with E-state index in [0.717, 1.165) is 25.2 Å². The first-order chi connectivity index (χ1) is 8.35. The van der Waals surface area contributed by atoms with Gasteiger partial charge in [-0.3, -0.25) is 4.18 Å². The highest BCUT2D eigenvalue weighted by Crippen LogP contribution is 2.07. The molecule has 7 heteroatoms. The van der Waals surface area contributed by atoms with Gasteiger partial charge >= 0.3 is 0 Å². The van der Waals surface area contributed by atoms with E-state index in [4.69, 9.17) is 4.74 Å². The number of hydrogen-bond acceptors (Lipinski definition) is 5. The van der Waals surface area contributed by atoms with Crippen LogP contribution in [0.3, 0.4) is 0 Å². The summed E-state index contributed by atoms with van der Waals surface area (Å²) >= 11 is 0. The first-order valence-electron chi connectivity index (χ1n) is 5.08. The number of benzene rings is 1. The maximum absolute atomic E-state index is 9.22. The van der Waals surface area contributed by atoms with Crippen molar-refractivity contribution in [1.29, 1.82) is 0 Å². The summed E-state index contributed by atoms with van der Waals surface area (Å²) in [5.74, 6) is 2.12. The van der Waals surface area contributed by atoms with Crippen molar-refractivity contribution in [3.8, 4) is 5.75 Å². The normalized spacial score (nSPS) is 10.7. The summed E-state index contributed by atoms with van der Waals surface area (Å²) in [7, 11) is -3.12. The first-order valence-corrected chi connectivity index (χ1v) is 8.63. The molecule has 0 bridgehead atoms. The molecule has 0 saturated heterocycles. The van der Waals surface area contributed by atoms with Crippen molar-refractivity contribution in [3.63, 3.8) is 0 Å². The summed E-state index contributed by atoms with van der Waals surface area (Å²) in [6.07, 6.45) is 4.46. The Bertz CT molecular complexity index is 403. The van der Waals surface area contributed by atoms with Crippen molar-refractivity contribution in [1.82, 2.24) is 0 Å². The molecule has 0 radical (unpaired) electrons. The van der Waals surface area contributed by atoms with Crippen LogP contribution in [-0.2, 0) is 25.5 Å². The summed E-state index contributed by atoms with van der Waals surface area (Å²) in [5.41, 5.74) is 0. The van der Waals surface area contributed by atoms with E-state index in [9.17, 15) is 13.0 Å². The second-order valence-corrected chi connectivity index (χ2v) is 6.96. The molecule has 1 rings (SSSR count). The second kappa shape index (κ2) is 9.21. The molecule has 0 amide bonds. The molecule has 5 nitrogen and oxygen atoms in total. The summed E-state index contributed by atoms with van der Waals surface area (Å²) in [4.78, 5) is 0. The van der Waals surface area contributed by atoms with Crippen LogP contribution in [0.1, 0.15) is 0 Å². The second-order valence-electron chi connectivity index (χ2n) is 3.43. The van der Waals surface area contributed by atoms with Gasteiger partial charge in [-0.05, 0) is 23.0 Å². The molecule has 0 atom stereocenters. The molecule has 1 aromatic carbocycles. The molecule has 0 aromatic heterocycles. The van der Waals surface area contributed by atoms with Crippen LogP contribution in [0.15, 0.2) is 30.3 Å². The number of ether oxygens (including phenoxy) is 1. The fourth-order valence-corrected chi connectivity index (χ4v) is 1.26. The molecule has 104 valence electrons. The SMILES string of the molecule is COS(=O)(=O)[O-].C[S+](C)CCOc1ccccc1. The van der Waals surface area contributed by atoms with E-state index >= 15 is 0 Å². The molecule has 0 aliphatic heterocycles. The summed E-state index contributed by atoms with van der Waals surface area (Å²) < 4.78 is 36.5. The van der Waals surface area contributed by atoms with E-state index < -0.39 is 10.4 Å². The van der Waals surface area contributed by atoms with Gasteiger partial charge in [0.05, 0.1) is 19.6 Å². The van der Waals surface area contributed by atoms with Crippen LogP contribution in [0.5, 0.6) is 5.75 Å². The Labute approximate surface area is 111 Å². The number of para-hydroxylation sites is 1. The largest absolute Gasteiger partial charge is 0.726 e. The Morgan fingerprint density at radius 2 is 1.72 bits per heavy atom. The molecular weight excluding hydrogens is 276 g/mol. The lowest BCUT2D eigenvalue weighted by Crippen LogP contribution is -2.11. The smallest absolute Gasteiger partial charge is 0.217 e. The molecule has 18 heavy (non-hydrogen) atoms. The molecule has 1 aromatic rings. The van der Waals surface area contributed by atoms with Crippen LogP contribution in [0, 0.1) is 0 Å². The fourth-order valence-electron chi connectivity index (χ4n) is 0.843. The maximum Gasteiger partial charge on any atom is 0.217 e. The summed E-state index contributed by atoms with van der Waals surface area (Å²) in [5, 5.41) is 0. The lowest BCUT2D eigenvalue weighted by molar-refractivity contribution is 0.314. The van der Waals surface area contributed by atoms with Gasteiger partial charge < -0.3 is 9.29 Å². The predicted octanol–water partition coefficient (Wildman–Crippen LogP) is 1.04. The van der Waals surface area contributed by atoms with Crippen LogP contribution in [0.25, 0.3) is 0 Å². The van der Waals surface area contributed by atoms with Crippen LogP contribution in [0.2, 0.25) is 0 Å². The van der Waals surface area contributed by atoms with Gasteiger partial charge in [-0.15, -0.1) is 0 Å². The van der Waals surface area contributed by atoms with Crippen molar-refractivity contribution in [2.24, 2.45) is 0 Å². The Hall–Kier alpha value is -0.760. The van der Waals surface area contributed by atoms with E-state index in [1.165, 1.54) is 0 Å². The third-order valence-electron chi connectivity index (χ3n) is 1.71. The van der Waals surface area contributed by atoms with Crippen LogP contribution in [0.4, 0.5) is 0 Å². The minimum absolute atomic E-state index is 0.486. The topological polar surface area (TPSA) is 75.7 Å². The van der Waals surface area contributed by atoms with Gasteiger partial charge in [-0.1, -0.05) is 18.2 Å². The van der Waals surface area contributed by atoms with Gasteiger partial charge in [0.1, 0.15) is 18.1 Å². The highest BCUT2D eigenvalue weighted by Gasteiger charge is 2.01. The van der Waals surface area contributed by atoms with E-state index in [1.54, 1.807) is 0 Å². The number of rotatable bonds is 5. The lowest BCUT2D eigenvalue weighted by atomic mass is 10.3. The van der Waals surface area contributed by atoms with Gasteiger partial charge in [-0.25, -0.2) is 8.42 Å². The lowest BCUT2D eigenvalue weighted by Gasteiger charge is -2.03. The van der Waals surface area contributed by atoms with Crippen LogP contribution < -0.4 is 4.74 Å². The highest BCUT2D eigenvalue weighted by atomic mass is 32.3. The first kappa shape index (κ1) is 17.2. The average Bonchev–Trinajstić information content (AvgIpc) is 2.30. The molecular formula is C11H18O5S2. The van der Waals surface area contributed by atoms with Crippen LogP contribution in [-0.4, -0.2) is 45.0 Å². The Kier molecular flexibility index (Phi) is 8.82. The third-order valence-corrected chi connectivity index (χ3v) is 3.10. The van der Waals surface area contributed by atoms with Crippen molar-refractivity contribution >= 4 is 21.3 Å². The fraction of sp³-hybridized carbons (Fsp3) is 0.455. The van der Waals surface area contributed by atoms with Gasteiger partial charge in [0.2, 0.25) is 10.4 Å². The van der Waals surface area contributed by atoms with E-state index in [2.05, 4.69) is 16.7 Å². The van der Waals surface area contributed by atoms with Gasteiger partial charge in [0.15, 0.2) is 0 Å². The summed E-state index contributed by atoms with van der Waals surface area (Å²) in [6.45, 7) is 0.833. The van der Waals surface area contributed by atoms with Crippen molar-refractivity contribution in [2.45, 2.75) is 0 Å². The molecule has 0 spiro atoms.